The van der Waals surface area contributed by atoms with Gasteiger partial charge in [-0.2, -0.15) is 0 Å². The van der Waals surface area contributed by atoms with Gasteiger partial charge < -0.3 is 5.11 Å². The third-order valence-electron chi connectivity index (χ3n) is 2.42. The van der Waals surface area contributed by atoms with Gasteiger partial charge in [-0.25, -0.2) is 4.79 Å². The van der Waals surface area contributed by atoms with Gasteiger partial charge in [0.15, 0.2) is 0 Å². The van der Waals surface area contributed by atoms with Gasteiger partial charge in [0.25, 0.3) is 0 Å². The Labute approximate surface area is 118 Å². The Balaban J connectivity index is 2.42. The number of benzene rings is 1. The minimum absolute atomic E-state index is 0.329. The van der Waals surface area contributed by atoms with Crippen LogP contribution in [0.2, 0.25) is 0 Å². The Hall–Kier alpha value is -1.39. The first-order valence-electron chi connectivity index (χ1n) is 5.33. The summed E-state index contributed by atoms with van der Waals surface area (Å²) in [7, 11) is 0. The highest BCUT2D eigenvalue weighted by Crippen LogP contribution is 2.26. The molecule has 2 nitrogen and oxygen atoms in total. The number of hydrogen-bond acceptors (Lipinski definition) is 2. The summed E-state index contributed by atoms with van der Waals surface area (Å²) >= 11 is 4.84. The van der Waals surface area contributed by atoms with Gasteiger partial charge in [-0.3, -0.25) is 0 Å². The Bertz CT molecular complexity index is 597. The smallest absolute Gasteiger partial charge is 0.337 e. The zero-order chi connectivity index (χ0) is 13.1. The molecular weight excluding hydrogens is 312 g/mol. The molecule has 1 aromatic carbocycles. The number of thiophene rings is 1. The van der Waals surface area contributed by atoms with E-state index < -0.39 is 5.97 Å². The van der Waals surface area contributed by atoms with Crippen LogP contribution in [0.4, 0.5) is 0 Å². The third kappa shape index (κ3) is 3.09. The normalized spacial score (nSPS) is 11.6. The number of carbonyl (C=O) groups is 1. The lowest BCUT2D eigenvalue weighted by Gasteiger charge is -2.00. The fraction of sp³-hybridized carbons (Fsp3) is 0.0714. The van der Waals surface area contributed by atoms with Crippen LogP contribution in [0.1, 0.15) is 15.3 Å². The highest BCUT2D eigenvalue weighted by molar-refractivity contribution is 9.10. The molecule has 0 unspecified atom stereocenters. The Kier molecular flexibility index (Phi) is 3.99. The molecule has 4 heteroatoms. The standard InChI is InChI=1S/C14H11BrO2S/c1-9-2-7-13(18-9)12(14(16)17)8-10-3-5-11(15)6-4-10/h2-8H,1H3,(H,16,17)/b12-8+. The van der Waals surface area contributed by atoms with Crippen molar-refractivity contribution in [3.05, 3.63) is 56.2 Å². The minimum Gasteiger partial charge on any atom is -0.478 e. The summed E-state index contributed by atoms with van der Waals surface area (Å²) in [6.07, 6.45) is 1.69. The van der Waals surface area contributed by atoms with Gasteiger partial charge >= 0.3 is 5.97 Å². The first-order chi connectivity index (χ1) is 8.56. The molecule has 1 aromatic heterocycles. The fourth-order valence-electron chi connectivity index (χ4n) is 1.54. The summed E-state index contributed by atoms with van der Waals surface area (Å²) in [6.45, 7) is 1.97. The number of halogens is 1. The van der Waals surface area contributed by atoms with Crippen LogP contribution in [0.15, 0.2) is 40.9 Å². The largest absolute Gasteiger partial charge is 0.478 e. The predicted octanol–water partition coefficient (Wildman–Crippen LogP) is 4.44. The van der Waals surface area contributed by atoms with Gasteiger partial charge in [-0.1, -0.05) is 28.1 Å². The lowest BCUT2D eigenvalue weighted by atomic mass is 10.1. The van der Waals surface area contributed by atoms with Crippen molar-refractivity contribution in [2.24, 2.45) is 0 Å². The van der Waals surface area contributed by atoms with E-state index in [4.69, 9.17) is 0 Å². The van der Waals surface area contributed by atoms with E-state index in [0.29, 0.717) is 5.57 Å². The molecule has 0 saturated carbocycles. The van der Waals surface area contributed by atoms with E-state index in [9.17, 15) is 9.90 Å². The van der Waals surface area contributed by atoms with Crippen LogP contribution < -0.4 is 0 Å². The zero-order valence-corrected chi connectivity index (χ0v) is 12.1. The van der Waals surface area contributed by atoms with Crippen LogP contribution in [-0.2, 0) is 4.79 Å². The lowest BCUT2D eigenvalue weighted by Crippen LogP contribution is -1.97. The van der Waals surface area contributed by atoms with Crippen molar-refractivity contribution >= 4 is 44.9 Å². The average Bonchev–Trinajstić information content (AvgIpc) is 2.74. The molecule has 1 N–H and O–H groups in total. The fourth-order valence-corrected chi connectivity index (χ4v) is 2.68. The molecule has 0 atom stereocenters. The molecule has 0 radical (unpaired) electrons. The summed E-state index contributed by atoms with van der Waals surface area (Å²) in [4.78, 5) is 13.2. The second kappa shape index (κ2) is 5.50. The van der Waals surface area contributed by atoms with Crippen molar-refractivity contribution in [1.29, 1.82) is 0 Å². The van der Waals surface area contributed by atoms with Gasteiger partial charge in [0, 0.05) is 14.2 Å². The first-order valence-corrected chi connectivity index (χ1v) is 6.94. The second-order valence-electron chi connectivity index (χ2n) is 3.83. The minimum atomic E-state index is -0.903. The van der Waals surface area contributed by atoms with Crippen molar-refractivity contribution in [1.82, 2.24) is 0 Å². The maximum atomic E-state index is 11.3. The van der Waals surface area contributed by atoms with E-state index in [1.54, 1.807) is 6.08 Å². The summed E-state index contributed by atoms with van der Waals surface area (Å²) in [5.41, 5.74) is 1.21. The third-order valence-corrected chi connectivity index (χ3v) is 3.98. The molecule has 0 spiro atoms. The topological polar surface area (TPSA) is 37.3 Å². The van der Waals surface area contributed by atoms with Gasteiger partial charge in [-0.05, 0) is 42.8 Å². The van der Waals surface area contributed by atoms with Crippen LogP contribution in [-0.4, -0.2) is 11.1 Å². The molecule has 92 valence electrons. The molecule has 0 aliphatic carbocycles. The quantitative estimate of drug-likeness (QED) is 0.848. The molecule has 0 aliphatic rings. The highest BCUT2D eigenvalue weighted by atomic mass is 79.9. The van der Waals surface area contributed by atoms with E-state index in [2.05, 4.69) is 15.9 Å². The van der Waals surface area contributed by atoms with Gasteiger partial charge in [0.1, 0.15) is 0 Å². The summed E-state index contributed by atoms with van der Waals surface area (Å²) < 4.78 is 0.975. The molecule has 0 aliphatic heterocycles. The van der Waals surface area contributed by atoms with E-state index in [0.717, 1.165) is 19.8 Å². The van der Waals surface area contributed by atoms with Gasteiger partial charge in [0.2, 0.25) is 0 Å². The van der Waals surface area contributed by atoms with E-state index in [1.165, 1.54) is 11.3 Å². The van der Waals surface area contributed by atoms with Gasteiger partial charge in [-0.15, -0.1) is 11.3 Å². The van der Waals surface area contributed by atoms with Crippen molar-refractivity contribution < 1.29 is 9.90 Å². The zero-order valence-electron chi connectivity index (χ0n) is 9.68. The number of aliphatic carboxylic acids is 1. The number of carboxylic acids is 1. The van der Waals surface area contributed by atoms with Crippen LogP contribution in [0.3, 0.4) is 0 Å². The average molecular weight is 323 g/mol. The summed E-state index contributed by atoms with van der Waals surface area (Å²) in [5.74, 6) is -0.903. The Morgan fingerprint density at radius 2 is 1.89 bits per heavy atom. The van der Waals surface area contributed by atoms with Crippen LogP contribution in [0.5, 0.6) is 0 Å². The monoisotopic (exact) mass is 322 g/mol. The molecule has 0 amide bonds. The summed E-state index contributed by atoms with van der Waals surface area (Å²) in [5, 5.41) is 9.28. The summed E-state index contributed by atoms with van der Waals surface area (Å²) in [6, 6.07) is 11.3. The molecule has 0 bridgehead atoms. The van der Waals surface area contributed by atoms with E-state index in [1.807, 2.05) is 43.3 Å². The van der Waals surface area contributed by atoms with E-state index in [-0.39, 0.29) is 0 Å². The molecule has 1 heterocycles. The molecule has 18 heavy (non-hydrogen) atoms. The second-order valence-corrected chi connectivity index (χ2v) is 6.03. The maximum absolute atomic E-state index is 11.3. The number of rotatable bonds is 3. The number of carboxylic acid groups (broad SMARTS) is 1. The van der Waals surface area contributed by atoms with Gasteiger partial charge in [0.05, 0.1) is 5.57 Å². The van der Waals surface area contributed by atoms with Crippen LogP contribution in [0.25, 0.3) is 11.6 Å². The predicted molar refractivity (Wildman–Crippen MR) is 78.7 cm³/mol. The highest BCUT2D eigenvalue weighted by Gasteiger charge is 2.12. The molecule has 2 aromatic rings. The Morgan fingerprint density at radius 1 is 1.22 bits per heavy atom. The van der Waals surface area contributed by atoms with Crippen molar-refractivity contribution in [2.45, 2.75) is 6.92 Å². The lowest BCUT2D eigenvalue weighted by molar-refractivity contribution is -0.130. The molecule has 0 fully saturated rings. The van der Waals surface area contributed by atoms with E-state index >= 15 is 0 Å². The number of hydrogen-bond donors (Lipinski definition) is 1. The number of aryl methyl sites for hydroxylation is 1. The molecular formula is C14H11BrO2S. The van der Waals surface area contributed by atoms with Crippen LogP contribution in [0, 0.1) is 6.92 Å². The first kappa shape index (κ1) is 13.1. The maximum Gasteiger partial charge on any atom is 0.337 e. The van der Waals surface area contributed by atoms with Crippen molar-refractivity contribution in [3.63, 3.8) is 0 Å². The van der Waals surface area contributed by atoms with Crippen molar-refractivity contribution in [3.8, 4) is 0 Å². The molecule has 2 rings (SSSR count). The van der Waals surface area contributed by atoms with Crippen molar-refractivity contribution in [2.75, 3.05) is 0 Å². The molecule has 0 saturated heterocycles. The van der Waals surface area contributed by atoms with Crippen LogP contribution >= 0.6 is 27.3 Å². The Morgan fingerprint density at radius 3 is 2.39 bits per heavy atom. The SMILES string of the molecule is Cc1ccc(/C(=C\c2ccc(Br)cc2)C(=O)O)s1.